The van der Waals surface area contributed by atoms with Crippen molar-refractivity contribution in [1.82, 2.24) is 14.9 Å². The molecule has 148 valence electrons. The largest absolute Gasteiger partial charge is 0.331 e. The molecule has 0 atom stereocenters. The Bertz CT molecular complexity index is 1160. The molecule has 4 rings (SSSR count). The number of hydrogen-bond acceptors (Lipinski definition) is 5. The van der Waals surface area contributed by atoms with Crippen LogP contribution < -0.4 is 10.6 Å². The molecule has 2 N–H and O–H groups in total. The number of anilines is 3. The van der Waals surface area contributed by atoms with E-state index >= 15 is 0 Å². The standard InChI is InChI=1S/C23H19N5O2/c1-3-12-28(2)22(30)15-8-10-17(11-9-15)25-23-24-14-16-13-20(29)26-19-7-5-4-6-18(19)21(16)27-23/h1,4-11,14H,12-13H2,2H3,(H,26,29)(H,24,25,27). The lowest BCUT2D eigenvalue weighted by Crippen LogP contribution is -2.26. The molecule has 0 saturated heterocycles. The number of nitrogens with zero attached hydrogens (tertiary/aromatic N) is 3. The second kappa shape index (κ2) is 8.05. The topological polar surface area (TPSA) is 87.2 Å². The minimum atomic E-state index is -0.144. The molecule has 30 heavy (non-hydrogen) atoms. The zero-order valence-electron chi connectivity index (χ0n) is 16.3. The molecule has 3 aromatic rings. The molecule has 0 radical (unpaired) electrons. The summed E-state index contributed by atoms with van der Waals surface area (Å²) < 4.78 is 0. The highest BCUT2D eigenvalue weighted by Gasteiger charge is 2.20. The zero-order valence-corrected chi connectivity index (χ0v) is 16.3. The molecule has 0 bridgehead atoms. The summed E-state index contributed by atoms with van der Waals surface area (Å²) in [5, 5.41) is 6.05. The minimum absolute atomic E-state index is 0.0967. The van der Waals surface area contributed by atoms with Gasteiger partial charge in [0, 0.05) is 35.6 Å². The van der Waals surface area contributed by atoms with Gasteiger partial charge in [-0.05, 0) is 30.3 Å². The third-order valence-electron chi connectivity index (χ3n) is 4.73. The lowest BCUT2D eigenvalue weighted by molar-refractivity contribution is -0.115. The minimum Gasteiger partial charge on any atom is -0.331 e. The molecule has 2 heterocycles. The molecular formula is C23H19N5O2. The summed E-state index contributed by atoms with van der Waals surface area (Å²) in [5.41, 5.74) is 4.33. The van der Waals surface area contributed by atoms with Gasteiger partial charge in [-0.15, -0.1) is 6.42 Å². The van der Waals surface area contributed by atoms with E-state index < -0.39 is 0 Å². The van der Waals surface area contributed by atoms with Gasteiger partial charge in [-0.1, -0.05) is 24.1 Å². The van der Waals surface area contributed by atoms with Crippen LogP contribution in [0, 0.1) is 12.3 Å². The number of amides is 2. The highest BCUT2D eigenvalue weighted by molar-refractivity contribution is 6.00. The number of aromatic nitrogens is 2. The quantitative estimate of drug-likeness (QED) is 0.661. The van der Waals surface area contributed by atoms with Crippen molar-refractivity contribution in [3.05, 3.63) is 65.9 Å². The molecule has 0 aliphatic carbocycles. The second-order valence-corrected chi connectivity index (χ2v) is 6.91. The Kier molecular flexibility index (Phi) is 5.14. The normalized spacial score (nSPS) is 11.9. The van der Waals surface area contributed by atoms with Crippen LogP contribution in [0.5, 0.6) is 0 Å². The van der Waals surface area contributed by atoms with Gasteiger partial charge >= 0.3 is 0 Å². The van der Waals surface area contributed by atoms with E-state index in [1.54, 1.807) is 37.5 Å². The third kappa shape index (κ3) is 3.84. The smallest absolute Gasteiger partial charge is 0.254 e. The van der Waals surface area contributed by atoms with E-state index in [9.17, 15) is 9.59 Å². The molecule has 2 amide bonds. The molecule has 0 saturated carbocycles. The lowest BCUT2D eigenvalue weighted by Gasteiger charge is -2.14. The molecule has 1 aliphatic heterocycles. The number of nitrogens with one attached hydrogen (secondary N) is 2. The van der Waals surface area contributed by atoms with Gasteiger partial charge in [-0.3, -0.25) is 9.59 Å². The second-order valence-electron chi connectivity index (χ2n) is 6.91. The monoisotopic (exact) mass is 397 g/mol. The van der Waals surface area contributed by atoms with Crippen molar-refractivity contribution >= 4 is 29.1 Å². The van der Waals surface area contributed by atoms with E-state index in [1.807, 2.05) is 24.3 Å². The Morgan fingerprint density at radius 2 is 2.00 bits per heavy atom. The van der Waals surface area contributed by atoms with Crippen LogP contribution in [0.15, 0.2) is 54.7 Å². The van der Waals surface area contributed by atoms with E-state index in [-0.39, 0.29) is 24.8 Å². The van der Waals surface area contributed by atoms with E-state index in [2.05, 4.69) is 26.5 Å². The van der Waals surface area contributed by atoms with Gasteiger partial charge in [0.05, 0.1) is 24.3 Å². The first kappa shape index (κ1) is 19.2. The number of fused-ring (bicyclic) bond motifs is 3. The predicted molar refractivity (Wildman–Crippen MR) is 115 cm³/mol. The van der Waals surface area contributed by atoms with Gasteiger partial charge in [0.1, 0.15) is 0 Å². The van der Waals surface area contributed by atoms with Gasteiger partial charge in [0.15, 0.2) is 0 Å². The summed E-state index contributed by atoms with van der Waals surface area (Å²) in [6.07, 6.45) is 7.14. The Morgan fingerprint density at radius 3 is 2.77 bits per heavy atom. The molecule has 0 unspecified atom stereocenters. The summed E-state index contributed by atoms with van der Waals surface area (Å²) in [4.78, 5) is 34.9. The Hall–Kier alpha value is -4.18. The van der Waals surface area contributed by atoms with Crippen LogP contribution in [0.3, 0.4) is 0 Å². The Morgan fingerprint density at radius 1 is 1.23 bits per heavy atom. The van der Waals surface area contributed by atoms with Gasteiger partial charge in [0.25, 0.3) is 5.91 Å². The van der Waals surface area contributed by atoms with Crippen LogP contribution in [0.4, 0.5) is 17.3 Å². The first-order valence-electron chi connectivity index (χ1n) is 9.36. The van der Waals surface area contributed by atoms with Crippen molar-refractivity contribution < 1.29 is 9.59 Å². The molecule has 2 aromatic carbocycles. The maximum atomic E-state index is 12.3. The number of carbonyl (C=O) groups excluding carboxylic acids is 2. The van der Waals surface area contributed by atoms with Crippen LogP contribution in [0.25, 0.3) is 11.3 Å². The van der Waals surface area contributed by atoms with Gasteiger partial charge in [-0.2, -0.15) is 0 Å². The zero-order chi connectivity index (χ0) is 21.1. The molecule has 0 spiro atoms. The average Bonchev–Trinajstić information content (AvgIpc) is 2.89. The Labute approximate surface area is 174 Å². The first-order valence-corrected chi connectivity index (χ1v) is 9.36. The van der Waals surface area contributed by atoms with E-state index in [1.165, 1.54) is 4.90 Å². The van der Waals surface area contributed by atoms with Crippen molar-refractivity contribution in [2.45, 2.75) is 6.42 Å². The highest BCUT2D eigenvalue weighted by Crippen LogP contribution is 2.32. The molecule has 7 nitrogen and oxygen atoms in total. The third-order valence-corrected chi connectivity index (χ3v) is 4.73. The van der Waals surface area contributed by atoms with Gasteiger partial charge in [0.2, 0.25) is 11.9 Å². The highest BCUT2D eigenvalue weighted by atomic mass is 16.2. The van der Waals surface area contributed by atoms with Gasteiger partial charge < -0.3 is 15.5 Å². The fourth-order valence-electron chi connectivity index (χ4n) is 3.25. The van der Waals surface area contributed by atoms with Crippen LogP contribution in [-0.2, 0) is 11.2 Å². The van der Waals surface area contributed by atoms with Crippen LogP contribution in [-0.4, -0.2) is 40.3 Å². The van der Waals surface area contributed by atoms with Crippen LogP contribution >= 0.6 is 0 Å². The van der Waals surface area contributed by atoms with Crippen molar-refractivity contribution in [2.75, 3.05) is 24.2 Å². The summed E-state index contributed by atoms with van der Waals surface area (Å²) >= 11 is 0. The van der Waals surface area contributed by atoms with Crippen molar-refractivity contribution in [3.8, 4) is 23.6 Å². The van der Waals surface area contributed by atoms with Gasteiger partial charge in [-0.25, -0.2) is 9.97 Å². The summed E-state index contributed by atoms with van der Waals surface area (Å²) in [6, 6.07) is 14.6. The van der Waals surface area contributed by atoms with Crippen LogP contribution in [0.2, 0.25) is 0 Å². The maximum Gasteiger partial charge on any atom is 0.254 e. The van der Waals surface area contributed by atoms with Crippen LogP contribution in [0.1, 0.15) is 15.9 Å². The summed E-state index contributed by atoms with van der Waals surface area (Å²) in [6.45, 7) is 0.251. The fourth-order valence-corrected chi connectivity index (χ4v) is 3.25. The summed E-state index contributed by atoms with van der Waals surface area (Å²) in [7, 11) is 1.66. The number of para-hydroxylation sites is 1. The molecule has 1 aromatic heterocycles. The fraction of sp³-hybridized carbons (Fsp3) is 0.130. The molecule has 1 aliphatic rings. The number of terminal acetylenes is 1. The number of rotatable bonds is 4. The molecule has 7 heteroatoms. The molecule has 0 fully saturated rings. The summed E-state index contributed by atoms with van der Waals surface area (Å²) in [5.74, 6) is 2.62. The Balaban J connectivity index is 1.59. The number of carbonyl (C=O) groups is 2. The van der Waals surface area contributed by atoms with E-state index in [4.69, 9.17) is 6.42 Å². The number of benzene rings is 2. The SMILES string of the molecule is C#CCN(C)C(=O)c1ccc(Nc2ncc3c(n2)-c2ccccc2NC(=O)C3)cc1. The van der Waals surface area contributed by atoms with Crippen molar-refractivity contribution in [3.63, 3.8) is 0 Å². The van der Waals surface area contributed by atoms with E-state index in [0.29, 0.717) is 17.2 Å². The first-order chi connectivity index (χ1) is 14.5. The lowest BCUT2D eigenvalue weighted by atomic mass is 10.1. The number of hydrogen-bond donors (Lipinski definition) is 2. The van der Waals surface area contributed by atoms with E-state index in [0.717, 1.165) is 22.5 Å². The molecular weight excluding hydrogens is 378 g/mol. The van der Waals surface area contributed by atoms with Crippen molar-refractivity contribution in [2.24, 2.45) is 0 Å². The van der Waals surface area contributed by atoms with Crippen molar-refractivity contribution in [1.29, 1.82) is 0 Å². The average molecular weight is 397 g/mol. The predicted octanol–water partition coefficient (Wildman–Crippen LogP) is 3.09. The maximum absolute atomic E-state index is 12.3.